The first kappa shape index (κ1) is 17.1. The van der Waals surface area contributed by atoms with Crippen molar-refractivity contribution in [2.75, 3.05) is 12.4 Å². The lowest BCUT2D eigenvalue weighted by Gasteiger charge is -2.14. The second-order valence-corrected chi connectivity index (χ2v) is 6.05. The van der Waals surface area contributed by atoms with Crippen LogP contribution in [-0.2, 0) is 24.3 Å². The molecule has 7 nitrogen and oxygen atoms in total. The molecule has 1 aromatic rings. The maximum atomic E-state index is 11.8. The Morgan fingerprint density at radius 2 is 1.90 bits per heavy atom. The van der Waals surface area contributed by atoms with Crippen LogP contribution < -0.4 is 4.72 Å². The van der Waals surface area contributed by atoms with E-state index in [0.717, 1.165) is 0 Å². The lowest BCUT2D eigenvalue weighted by molar-refractivity contribution is -0.142. The van der Waals surface area contributed by atoms with Gasteiger partial charge in [-0.3, -0.25) is 9.59 Å². The number of carbonyl (C=O) groups is 2. The van der Waals surface area contributed by atoms with Gasteiger partial charge in [-0.1, -0.05) is 30.3 Å². The van der Waals surface area contributed by atoms with E-state index in [-0.39, 0.29) is 13.0 Å². The van der Waals surface area contributed by atoms with Gasteiger partial charge in [0.2, 0.25) is 10.0 Å². The Hall–Kier alpha value is -1.93. The molecule has 0 fully saturated rings. The minimum absolute atomic E-state index is 0.161. The molecular weight excluding hydrogens is 298 g/mol. The Labute approximate surface area is 123 Å². The van der Waals surface area contributed by atoms with Crippen LogP contribution in [-0.4, -0.2) is 37.8 Å². The van der Waals surface area contributed by atoms with E-state index in [2.05, 4.69) is 9.46 Å². The zero-order valence-corrected chi connectivity index (χ0v) is 12.3. The summed E-state index contributed by atoms with van der Waals surface area (Å²) in [6.45, 7) is 1.77. The average Bonchev–Trinajstić information content (AvgIpc) is 2.44. The third kappa shape index (κ3) is 5.92. The van der Waals surface area contributed by atoms with E-state index < -0.39 is 33.8 Å². The van der Waals surface area contributed by atoms with Gasteiger partial charge in [-0.05, 0) is 12.5 Å². The van der Waals surface area contributed by atoms with Crippen LogP contribution in [0.5, 0.6) is 0 Å². The van der Waals surface area contributed by atoms with Crippen molar-refractivity contribution in [2.45, 2.75) is 19.4 Å². The summed E-state index contributed by atoms with van der Waals surface area (Å²) >= 11 is 0. The summed E-state index contributed by atoms with van der Waals surface area (Å²) in [5.41, 5.74) is 0.310. The molecule has 0 heterocycles. The summed E-state index contributed by atoms with van der Waals surface area (Å²) in [5, 5.41) is 9.13. The topological polar surface area (TPSA) is 110 Å². The highest BCUT2D eigenvalue weighted by molar-refractivity contribution is 7.89. The number of nitrogens with one attached hydrogen (secondary N) is 1. The van der Waals surface area contributed by atoms with Crippen molar-refractivity contribution in [3.05, 3.63) is 35.9 Å². The van der Waals surface area contributed by atoms with E-state index in [9.17, 15) is 18.0 Å². The first-order valence-corrected chi connectivity index (χ1v) is 7.94. The van der Waals surface area contributed by atoms with Crippen molar-refractivity contribution in [1.29, 1.82) is 0 Å². The largest absolute Gasteiger partial charge is 0.480 e. The normalized spacial score (nSPS) is 12.6. The van der Waals surface area contributed by atoms with Crippen molar-refractivity contribution in [1.82, 2.24) is 4.72 Å². The summed E-state index contributed by atoms with van der Waals surface area (Å²) in [5.74, 6) is -2.49. The Morgan fingerprint density at radius 1 is 1.29 bits per heavy atom. The zero-order chi connectivity index (χ0) is 15.9. The van der Waals surface area contributed by atoms with E-state index in [4.69, 9.17) is 5.11 Å². The molecule has 2 N–H and O–H groups in total. The number of aliphatic carboxylic acids is 1. The van der Waals surface area contributed by atoms with E-state index in [1.807, 2.05) is 0 Å². The number of carbonyl (C=O) groups excluding carboxylic acids is 1. The number of carboxylic acid groups (broad SMARTS) is 1. The molecule has 0 bridgehead atoms. The summed E-state index contributed by atoms with van der Waals surface area (Å²) in [4.78, 5) is 22.3. The molecule has 0 aliphatic carbocycles. The van der Waals surface area contributed by atoms with E-state index in [1.54, 1.807) is 25.1 Å². The fraction of sp³-hybridized carbons (Fsp3) is 0.385. The van der Waals surface area contributed by atoms with Gasteiger partial charge in [-0.2, -0.15) is 4.72 Å². The minimum atomic E-state index is -3.92. The molecule has 8 heteroatoms. The van der Waals surface area contributed by atoms with Crippen molar-refractivity contribution >= 4 is 22.0 Å². The third-order valence-corrected chi connectivity index (χ3v) is 3.89. The number of carboxylic acids is 1. The van der Waals surface area contributed by atoms with Crippen LogP contribution in [0.15, 0.2) is 30.3 Å². The molecule has 0 amide bonds. The van der Waals surface area contributed by atoms with Crippen molar-refractivity contribution in [3.63, 3.8) is 0 Å². The smallest absolute Gasteiger partial charge is 0.326 e. The average molecular weight is 315 g/mol. The first-order valence-electron chi connectivity index (χ1n) is 6.29. The number of hydrogen-bond acceptors (Lipinski definition) is 5. The molecule has 1 rings (SSSR count). The monoisotopic (exact) mass is 315 g/mol. The number of benzene rings is 1. The Kier molecular flexibility index (Phi) is 6.32. The fourth-order valence-corrected chi connectivity index (χ4v) is 2.75. The fourth-order valence-electron chi connectivity index (χ4n) is 1.60. The van der Waals surface area contributed by atoms with Gasteiger partial charge in [-0.15, -0.1) is 0 Å². The first-order chi connectivity index (χ1) is 9.85. The Morgan fingerprint density at radius 3 is 2.43 bits per heavy atom. The third-order valence-electron chi connectivity index (χ3n) is 2.56. The molecular formula is C13H17NO6S. The van der Waals surface area contributed by atoms with Crippen LogP contribution in [0.3, 0.4) is 0 Å². The molecule has 0 spiro atoms. The summed E-state index contributed by atoms with van der Waals surface area (Å²) in [6.07, 6.45) is -0.329. The molecule has 1 aromatic carbocycles. The second kappa shape index (κ2) is 7.75. The highest BCUT2D eigenvalue weighted by Crippen LogP contribution is 2.14. The number of rotatable bonds is 8. The van der Waals surface area contributed by atoms with Crippen LogP contribution in [0.2, 0.25) is 0 Å². The van der Waals surface area contributed by atoms with Gasteiger partial charge in [0, 0.05) is 0 Å². The quantitative estimate of drug-likeness (QED) is 0.683. The molecule has 1 atom stereocenters. The number of sulfonamides is 1. The Balaban J connectivity index is 2.75. The van der Waals surface area contributed by atoms with Gasteiger partial charge in [0.1, 0.15) is 6.04 Å². The molecule has 0 radical (unpaired) electrons. The van der Waals surface area contributed by atoms with Crippen molar-refractivity contribution < 1.29 is 27.9 Å². The van der Waals surface area contributed by atoms with Gasteiger partial charge in [0.15, 0.2) is 0 Å². The maximum absolute atomic E-state index is 11.8. The van der Waals surface area contributed by atoms with Crippen LogP contribution in [0.25, 0.3) is 0 Å². The second-order valence-electron chi connectivity index (χ2n) is 4.17. The summed E-state index contributed by atoms with van der Waals surface area (Å²) in [7, 11) is -3.92. The highest BCUT2D eigenvalue weighted by Gasteiger charge is 2.26. The van der Waals surface area contributed by atoms with Gasteiger partial charge >= 0.3 is 11.9 Å². The molecule has 0 aromatic heterocycles. The lowest BCUT2D eigenvalue weighted by atomic mass is 10.1. The lowest BCUT2D eigenvalue weighted by Crippen LogP contribution is -2.35. The standard InChI is InChI=1S/C13H17NO6S/c1-2-20-11(15)8-9-21(18,19)14-12(13(16)17)10-6-4-3-5-7-10/h3-7,12,14H,2,8-9H2,1H3,(H,16,17)/t12-/m1/s1. The van der Waals surface area contributed by atoms with Crippen molar-refractivity contribution in [2.24, 2.45) is 0 Å². The van der Waals surface area contributed by atoms with Crippen LogP contribution in [0.1, 0.15) is 24.9 Å². The van der Waals surface area contributed by atoms with Gasteiger partial charge in [0.05, 0.1) is 18.8 Å². The Bertz CT molecular complexity index is 584. The van der Waals surface area contributed by atoms with Gasteiger partial charge in [-0.25, -0.2) is 8.42 Å². The number of ether oxygens (including phenoxy) is 1. The number of esters is 1. The molecule has 0 aliphatic heterocycles. The summed E-state index contributed by atoms with van der Waals surface area (Å²) in [6, 6.07) is 6.53. The van der Waals surface area contributed by atoms with Crippen LogP contribution in [0.4, 0.5) is 0 Å². The van der Waals surface area contributed by atoms with Gasteiger partial charge in [0.25, 0.3) is 0 Å². The van der Waals surface area contributed by atoms with Crippen LogP contribution >= 0.6 is 0 Å². The molecule has 21 heavy (non-hydrogen) atoms. The van der Waals surface area contributed by atoms with Crippen LogP contribution in [0, 0.1) is 0 Å². The SMILES string of the molecule is CCOC(=O)CCS(=O)(=O)N[C@@H](C(=O)O)c1ccccc1. The maximum Gasteiger partial charge on any atom is 0.326 e. The molecule has 116 valence electrons. The highest BCUT2D eigenvalue weighted by atomic mass is 32.2. The molecule has 0 unspecified atom stereocenters. The molecule has 0 saturated carbocycles. The van der Waals surface area contributed by atoms with E-state index >= 15 is 0 Å². The minimum Gasteiger partial charge on any atom is -0.480 e. The zero-order valence-electron chi connectivity index (χ0n) is 11.5. The molecule has 0 aliphatic rings. The summed E-state index contributed by atoms with van der Waals surface area (Å²) < 4.78 is 30.4. The van der Waals surface area contributed by atoms with Crippen molar-refractivity contribution in [3.8, 4) is 0 Å². The van der Waals surface area contributed by atoms with Gasteiger partial charge < -0.3 is 9.84 Å². The molecule has 0 saturated heterocycles. The predicted octanol–water partition coefficient (Wildman–Crippen LogP) is 0.685. The van der Waals surface area contributed by atoms with E-state index in [0.29, 0.717) is 5.56 Å². The van der Waals surface area contributed by atoms with E-state index in [1.165, 1.54) is 12.1 Å². The predicted molar refractivity (Wildman–Crippen MR) is 75.0 cm³/mol. The number of hydrogen-bond donors (Lipinski definition) is 2.